The van der Waals surface area contributed by atoms with Crippen LogP contribution in [0.2, 0.25) is 0 Å². The minimum Gasteiger partial charge on any atom is -0.343 e. The first-order chi connectivity index (χ1) is 12.2. The zero-order valence-electron chi connectivity index (χ0n) is 12.7. The number of fused-ring (bicyclic) bond motifs is 1. The summed E-state index contributed by atoms with van der Waals surface area (Å²) in [6, 6.07) is 4.95. The second-order valence-electron chi connectivity index (χ2n) is 5.05. The summed E-state index contributed by atoms with van der Waals surface area (Å²) in [7, 11) is 0. The van der Waals surface area contributed by atoms with Gasteiger partial charge in [0, 0.05) is 18.6 Å². The number of aromatic nitrogens is 6. The number of rotatable bonds is 4. The number of nitrogens with one attached hydrogen (secondary N) is 2. The fourth-order valence-corrected chi connectivity index (χ4v) is 2.27. The van der Waals surface area contributed by atoms with Crippen LogP contribution in [0.5, 0.6) is 0 Å². The van der Waals surface area contributed by atoms with Crippen LogP contribution in [0, 0.1) is 0 Å². The Labute approximate surface area is 139 Å². The molecule has 0 radical (unpaired) electrons. The Morgan fingerprint density at radius 3 is 3.16 bits per heavy atom. The summed E-state index contributed by atoms with van der Waals surface area (Å²) in [5.41, 5.74) is 0.744. The van der Waals surface area contributed by atoms with Gasteiger partial charge < -0.3 is 14.8 Å². The number of carbonyl (C=O) groups excluding carboxylic acids is 1. The first-order valence-electron chi connectivity index (χ1n) is 7.29. The minimum absolute atomic E-state index is 0.0146. The number of aromatic amines is 1. The van der Waals surface area contributed by atoms with Crippen molar-refractivity contribution in [2.45, 2.75) is 6.54 Å². The monoisotopic (exact) mass is 337 g/mol. The van der Waals surface area contributed by atoms with Gasteiger partial charge in [-0.05, 0) is 18.2 Å². The number of nitrogens with zero attached hydrogens (tertiary/aromatic N) is 5. The fraction of sp³-hybridized carbons (Fsp3) is 0.0667. The van der Waals surface area contributed by atoms with Crippen molar-refractivity contribution in [2.75, 3.05) is 0 Å². The number of H-pyrrole nitrogens is 1. The molecule has 0 spiro atoms. The molecule has 0 saturated carbocycles. The lowest BCUT2D eigenvalue weighted by molar-refractivity contribution is 0.0947. The minimum atomic E-state index is -0.369. The highest BCUT2D eigenvalue weighted by Crippen LogP contribution is 2.11. The van der Waals surface area contributed by atoms with Crippen molar-refractivity contribution < 1.29 is 9.32 Å². The van der Waals surface area contributed by atoms with Gasteiger partial charge in [0.15, 0.2) is 5.65 Å². The van der Waals surface area contributed by atoms with Gasteiger partial charge in [-0.3, -0.25) is 9.59 Å². The number of pyridine rings is 1. The number of carbonyl (C=O) groups is 1. The molecule has 4 rings (SSSR count). The molecule has 0 aliphatic rings. The van der Waals surface area contributed by atoms with Crippen LogP contribution >= 0.6 is 0 Å². The molecular formula is C15H11N7O3. The summed E-state index contributed by atoms with van der Waals surface area (Å²) in [6.07, 6.45) is 6.22. The molecule has 0 aromatic carbocycles. The third-order valence-electron chi connectivity index (χ3n) is 3.45. The molecule has 4 aromatic rings. The van der Waals surface area contributed by atoms with Crippen LogP contribution < -0.4 is 10.9 Å². The van der Waals surface area contributed by atoms with E-state index in [1.165, 1.54) is 16.9 Å². The first-order valence-corrected chi connectivity index (χ1v) is 7.29. The Morgan fingerprint density at radius 2 is 2.28 bits per heavy atom. The summed E-state index contributed by atoms with van der Waals surface area (Å²) in [6.45, 7) is 0.0146. The van der Waals surface area contributed by atoms with Crippen LogP contribution in [0.15, 0.2) is 52.3 Å². The summed E-state index contributed by atoms with van der Waals surface area (Å²) in [5, 5.41) is 10.5. The Balaban J connectivity index is 1.50. The molecule has 0 aliphatic carbocycles. The molecule has 4 heterocycles. The van der Waals surface area contributed by atoms with Crippen molar-refractivity contribution in [3.8, 4) is 11.4 Å². The molecule has 25 heavy (non-hydrogen) atoms. The molecule has 10 nitrogen and oxygen atoms in total. The van der Waals surface area contributed by atoms with E-state index in [-0.39, 0.29) is 35.3 Å². The molecule has 124 valence electrons. The molecule has 0 bridgehead atoms. The van der Waals surface area contributed by atoms with Crippen LogP contribution in [-0.2, 0) is 6.54 Å². The molecule has 10 heteroatoms. The zero-order valence-corrected chi connectivity index (χ0v) is 12.7. The second kappa shape index (κ2) is 6.00. The Hall–Kier alpha value is -3.82. The third-order valence-corrected chi connectivity index (χ3v) is 3.45. The van der Waals surface area contributed by atoms with E-state index in [0.29, 0.717) is 11.2 Å². The smallest absolute Gasteiger partial charge is 0.259 e. The molecule has 0 fully saturated rings. The van der Waals surface area contributed by atoms with Gasteiger partial charge in [-0.25, -0.2) is 9.50 Å². The average molecular weight is 337 g/mol. The fourth-order valence-electron chi connectivity index (χ4n) is 2.27. The van der Waals surface area contributed by atoms with E-state index in [9.17, 15) is 9.59 Å². The standard InChI is InChI=1S/C15H11N7O3/c23-14-9(3-1-4-17-14)12-20-11(25-21-12)8-18-15(24)10-7-19-22-6-2-5-16-13(10)22/h1-7H,8H2,(H,17,23)(H,18,24). The quantitative estimate of drug-likeness (QED) is 0.551. The molecule has 4 aromatic heterocycles. The lowest BCUT2D eigenvalue weighted by Gasteiger charge is -1.99. The largest absolute Gasteiger partial charge is 0.343 e. The van der Waals surface area contributed by atoms with Crippen molar-refractivity contribution in [3.05, 3.63) is 64.8 Å². The SMILES string of the molecule is O=C(NCc1nc(-c2ccc[nH]c2=O)no1)c1cnn2cccnc12. The predicted octanol–water partition coefficient (Wildman–Crippen LogP) is 0.398. The molecule has 0 saturated heterocycles. The summed E-state index contributed by atoms with van der Waals surface area (Å²) >= 11 is 0. The van der Waals surface area contributed by atoms with Crippen LogP contribution in [-0.4, -0.2) is 35.6 Å². The lowest BCUT2D eigenvalue weighted by Crippen LogP contribution is -2.23. The Kier molecular flexibility index (Phi) is 3.54. The van der Waals surface area contributed by atoms with E-state index in [0.717, 1.165) is 0 Å². The number of hydrogen-bond acceptors (Lipinski definition) is 7. The van der Waals surface area contributed by atoms with Gasteiger partial charge >= 0.3 is 0 Å². The van der Waals surface area contributed by atoms with Crippen LogP contribution in [0.25, 0.3) is 17.0 Å². The Bertz CT molecular complexity index is 1110. The van der Waals surface area contributed by atoms with Gasteiger partial charge in [-0.1, -0.05) is 5.16 Å². The maximum atomic E-state index is 12.3. The molecule has 0 unspecified atom stereocenters. The highest BCUT2D eigenvalue weighted by molar-refractivity contribution is 5.99. The normalized spacial score (nSPS) is 10.9. The predicted molar refractivity (Wildman–Crippen MR) is 84.5 cm³/mol. The third kappa shape index (κ3) is 2.76. The van der Waals surface area contributed by atoms with Gasteiger partial charge in [-0.15, -0.1) is 0 Å². The lowest BCUT2D eigenvalue weighted by atomic mass is 10.3. The van der Waals surface area contributed by atoms with E-state index in [4.69, 9.17) is 4.52 Å². The van der Waals surface area contributed by atoms with Crippen LogP contribution in [0.3, 0.4) is 0 Å². The van der Waals surface area contributed by atoms with Crippen molar-refractivity contribution in [3.63, 3.8) is 0 Å². The second-order valence-corrected chi connectivity index (χ2v) is 5.05. The highest BCUT2D eigenvalue weighted by Gasteiger charge is 2.16. The maximum absolute atomic E-state index is 12.3. The molecule has 0 aliphatic heterocycles. The van der Waals surface area contributed by atoms with Crippen LogP contribution in [0.4, 0.5) is 0 Å². The summed E-state index contributed by atoms with van der Waals surface area (Å²) in [5.74, 6) is -0.0363. The van der Waals surface area contributed by atoms with Crippen molar-refractivity contribution in [2.24, 2.45) is 0 Å². The molecular weight excluding hydrogens is 326 g/mol. The number of amides is 1. The average Bonchev–Trinajstić information content (AvgIpc) is 3.27. The molecule has 0 atom stereocenters. The van der Waals surface area contributed by atoms with E-state index in [2.05, 4.69) is 30.5 Å². The first kappa shape index (κ1) is 14.8. The number of hydrogen-bond donors (Lipinski definition) is 2. The van der Waals surface area contributed by atoms with Crippen LogP contribution in [0.1, 0.15) is 16.2 Å². The Morgan fingerprint density at radius 1 is 1.36 bits per heavy atom. The molecule has 2 N–H and O–H groups in total. The topological polar surface area (TPSA) is 131 Å². The van der Waals surface area contributed by atoms with Gasteiger partial charge in [0.05, 0.1) is 18.3 Å². The highest BCUT2D eigenvalue weighted by atomic mass is 16.5. The van der Waals surface area contributed by atoms with E-state index < -0.39 is 0 Å². The maximum Gasteiger partial charge on any atom is 0.259 e. The van der Waals surface area contributed by atoms with Gasteiger partial charge in [0.25, 0.3) is 11.5 Å². The molecule has 1 amide bonds. The van der Waals surface area contributed by atoms with Gasteiger partial charge in [0.1, 0.15) is 5.56 Å². The van der Waals surface area contributed by atoms with Gasteiger partial charge in [-0.2, -0.15) is 10.1 Å². The van der Waals surface area contributed by atoms with Gasteiger partial charge in [0.2, 0.25) is 11.7 Å². The van der Waals surface area contributed by atoms with Crippen molar-refractivity contribution in [1.82, 2.24) is 35.0 Å². The summed E-state index contributed by atoms with van der Waals surface area (Å²) < 4.78 is 6.57. The van der Waals surface area contributed by atoms with Crippen molar-refractivity contribution in [1.29, 1.82) is 0 Å². The zero-order chi connectivity index (χ0) is 17.2. The van der Waals surface area contributed by atoms with E-state index in [1.807, 2.05) is 0 Å². The summed E-state index contributed by atoms with van der Waals surface area (Å²) in [4.78, 5) is 34.7. The van der Waals surface area contributed by atoms with Crippen molar-refractivity contribution >= 4 is 11.6 Å². The van der Waals surface area contributed by atoms with E-state index in [1.54, 1.807) is 30.6 Å². The van der Waals surface area contributed by atoms with E-state index >= 15 is 0 Å².